The van der Waals surface area contributed by atoms with Crippen molar-refractivity contribution >= 4 is 17.5 Å². The number of amides is 2. The van der Waals surface area contributed by atoms with Crippen LogP contribution in [0.15, 0.2) is 48.8 Å². The molecule has 146 valence electrons. The molecular weight excluding hydrogens is 354 g/mol. The molecule has 2 amide bonds. The molecule has 2 aliphatic rings. The smallest absolute Gasteiger partial charge is 0.248 e. The molecule has 4 rings (SSSR count). The third kappa shape index (κ3) is 3.40. The number of fused-ring (bicyclic) bond motifs is 2. The lowest BCUT2D eigenvalue weighted by Gasteiger charge is -2.40. The predicted molar refractivity (Wildman–Crippen MR) is 106 cm³/mol. The Morgan fingerprint density at radius 3 is 2.71 bits per heavy atom. The average molecular weight is 379 g/mol. The molecule has 0 bridgehead atoms. The van der Waals surface area contributed by atoms with Crippen molar-refractivity contribution in [2.45, 2.75) is 30.6 Å². The Kier molecular flexibility index (Phi) is 5.13. The van der Waals surface area contributed by atoms with E-state index in [9.17, 15) is 9.59 Å². The normalized spacial score (nSPS) is 20.0. The highest BCUT2D eigenvalue weighted by Gasteiger charge is 2.47. The second-order valence-corrected chi connectivity index (χ2v) is 7.67. The molecule has 0 unspecified atom stereocenters. The van der Waals surface area contributed by atoms with Crippen molar-refractivity contribution in [3.8, 4) is 0 Å². The van der Waals surface area contributed by atoms with Crippen LogP contribution < -0.4 is 5.32 Å². The summed E-state index contributed by atoms with van der Waals surface area (Å²) in [5.41, 5.74) is 3.05. The molecule has 2 aromatic rings. The van der Waals surface area contributed by atoms with Crippen molar-refractivity contribution in [3.05, 3.63) is 59.9 Å². The number of hydrogen-bond acceptors (Lipinski definition) is 4. The molecular formula is C22H25N3O3. The van der Waals surface area contributed by atoms with Crippen LogP contribution in [0.1, 0.15) is 36.3 Å². The Bertz CT molecular complexity index is 860. The molecule has 1 N–H and O–H groups in total. The summed E-state index contributed by atoms with van der Waals surface area (Å²) in [7, 11) is 1.54. The number of piperidine rings is 1. The van der Waals surface area contributed by atoms with Gasteiger partial charge in [0.25, 0.3) is 0 Å². The summed E-state index contributed by atoms with van der Waals surface area (Å²) in [6, 6.07) is 11.9. The van der Waals surface area contributed by atoms with E-state index < -0.39 is 0 Å². The molecule has 6 heteroatoms. The number of carbonyl (C=O) groups excluding carboxylic acids is 2. The zero-order valence-corrected chi connectivity index (χ0v) is 16.1. The molecule has 1 spiro atoms. The average Bonchev–Trinajstić information content (AvgIpc) is 3.04. The first-order valence-electron chi connectivity index (χ1n) is 9.70. The molecule has 1 aliphatic heterocycles. The first-order chi connectivity index (χ1) is 13.6. The largest absolute Gasteiger partial charge is 0.375 e. The zero-order chi connectivity index (χ0) is 19.6. The van der Waals surface area contributed by atoms with Crippen LogP contribution in [0.5, 0.6) is 0 Å². The van der Waals surface area contributed by atoms with Crippen LogP contribution in [0.4, 0.5) is 5.69 Å². The fraction of sp³-hybridized carbons (Fsp3) is 0.409. The van der Waals surface area contributed by atoms with Gasteiger partial charge in [0.05, 0.1) is 17.8 Å². The van der Waals surface area contributed by atoms with E-state index in [1.165, 1.54) is 5.56 Å². The van der Waals surface area contributed by atoms with Crippen molar-refractivity contribution in [3.63, 3.8) is 0 Å². The SMILES string of the molecule is COCC(=O)N1CCC2(CC1)C[C@@H](C(=O)Nc1cccnc1)c1ccccc12. The molecule has 6 nitrogen and oxygen atoms in total. The van der Waals surface area contributed by atoms with Crippen molar-refractivity contribution in [2.24, 2.45) is 0 Å². The number of methoxy groups -OCH3 is 1. The van der Waals surface area contributed by atoms with Gasteiger partial charge < -0.3 is 15.0 Å². The Morgan fingerprint density at radius 1 is 1.21 bits per heavy atom. The number of likely N-dealkylation sites (tertiary alicyclic amines) is 1. The van der Waals surface area contributed by atoms with E-state index >= 15 is 0 Å². The number of carbonyl (C=O) groups is 2. The van der Waals surface area contributed by atoms with Crippen LogP contribution in [0.25, 0.3) is 0 Å². The van der Waals surface area contributed by atoms with E-state index in [1.54, 1.807) is 19.5 Å². The Hall–Kier alpha value is -2.73. The third-order valence-electron chi connectivity index (χ3n) is 6.09. The molecule has 2 heterocycles. The van der Waals surface area contributed by atoms with Gasteiger partial charge in [-0.05, 0) is 42.5 Å². The lowest BCUT2D eigenvalue weighted by Crippen LogP contribution is -2.45. The van der Waals surface area contributed by atoms with Gasteiger partial charge in [0.2, 0.25) is 11.8 Å². The second kappa shape index (κ2) is 7.72. The van der Waals surface area contributed by atoms with Crippen LogP contribution in [0.2, 0.25) is 0 Å². The number of nitrogens with one attached hydrogen (secondary N) is 1. The summed E-state index contributed by atoms with van der Waals surface area (Å²) in [5.74, 6) is -0.137. The number of benzene rings is 1. The molecule has 0 saturated carbocycles. The number of hydrogen-bond donors (Lipinski definition) is 1. The maximum atomic E-state index is 13.0. The number of rotatable bonds is 4. The lowest BCUT2D eigenvalue weighted by molar-refractivity contribution is -0.136. The number of anilines is 1. The fourth-order valence-corrected chi connectivity index (χ4v) is 4.67. The highest BCUT2D eigenvalue weighted by molar-refractivity contribution is 5.96. The molecule has 0 radical (unpaired) electrons. The number of aromatic nitrogens is 1. The standard InChI is InChI=1S/C22H25N3O3/c1-28-15-20(26)25-11-8-22(9-12-25)13-18(17-6-2-3-7-19(17)22)21(27)24-16-5-4-10-23-14-16/h2-7,10,14,18H,8-9,11-13,15H2,1H3,(H,24,27)/t18-/m1/s1. The van der Waals surface area contributed by atoms with E-state index in [0.717, 1.165) is 24.8 Å². The van der Waals surface area contributed by atoms with Gasteiger partial charge in [0.15, 0.2) is 0 Å². The fourth-order valence-electron chi connectivity index (χ4n) is 4.67. The molecule has 1 aliphatic carbocycles. The molecule has 1 fully saturated rings. The second-order valence-electron chi connectivity index (χ2n) is 7.67. The number of pyridine rings is 1. The minimum Gasteiger partial charge on any atom is -0.375 e. The van der Waals surface area contributed by atoms with E-state index in [0.29, 0.717) is 18.8 Å². The van der Waals surface area contributed by atoms with Crippen molar-refractivity contribution in [1.82, 2.24) is 9.88 Å². The molecule has 1 saturated heterocycles. The van der Waals surface area contributed by atoms with Crippen LogP contribution in [0, 0.1) is 0 Å². The quantitative estimate of drug-likeness (QED) is 0.887. The van der Waals surface area contributed by atoms with E-state index in [1.807, 2.05) is 29.2 Å². The molecule has 1 atom stereocenters. The zero-order valence-electron chi connectivity index (χ0n) is 16.1. The molecule has 1 aromatic heterocycles. The van der Waals surface area contributed by atoms with Gasteiger partial charge >= 0.3 is 0 Å². The number of ether oxygens (including phenoxy) is 1. The predicted octanol–water partition coefficient (Wildman–Crippen LogP) is 2.71. The summed E-state index contributed by atoms with van der Waals surface area (Å²) < 4.78 is 4.99. The van der Waals surface area contributed by atoms with Crippen LogP contribution in [0.3, 0.4) is 0 Å². The van der Waals surface area contributed by atoms with Crippen LogP contribution >= 0.6 is 0 Å². The Morgan fingerprint density at radius 2 is 2.00 bits per heavy atom. The summed E-state index contributed by atoms with van der Waals surface area (Å²) >= 11 is 0. The first-order valence-corrected chi connectivity index (χ1v) is 9.70. The topological polar surface area (TPSA) is 71.5 Å². The monoisotopic (exact) mass is 379 g/mol. The summed E-state index contributed by atoms with van der Waals surface area (Å²) in [6.45, 7) is 1.53. The van der Waals surface area contributed by atoms with E-state index in [4.69, 9.17) is 4.74 Å². The number of nitrogens with zero attached hydrogens (tertiary/aromatic N) is 2. The highest BCUT2D eigenvalue weighted by atomic mass is 16.5. The highest BCUT2D eigenvalue weighted by Crippen LogP contribution is 2.51. The Labute approximate surface area is 164 Å². The summed E-state index contributed by atoms with van der Waals surface area (Å²) in [5, 5.41) is 3.01. The molecule has 28 heavy (non-hydrogen) atoms. The maximum Gasteiger partial charge on any atom is 0.248 e. The van der Waals surface area contributed by atoms with Crippen molar-refractivity contribution < 1.29 is 14.3 Å². The minimum absolute atomic E-state index is 0.00946. The summed E-state index contributed by atoms with van der Waals surface area (Å²) in [6.07, 6.45) is 5.87. The molecule has 1 aromatic carbocycles. The van der Waals surface area contributed by atoms with Gasteiger partial charge in [-0.3, -0.25) is 14.6 Å². The van der Waals surface area contributed by atoms with Gasteiger partial charge in [-0.2, -0.15) is 0 Å². The van der Waals surface area contributed by atoms with E-state index in [2.05, 4.69) is 22.4 Å². The van der Waals surface area contributed by atoms with Crippen LogP contribution in [-0.4, -0.2) is 48.5 Å². The van der Waals surface area contributed by atoms with Crippen LogP contribution in [-0.2, 0) is 19.7 Å². The van der Waals surface area contributed by atoms with Crippen molar-refractivity contribution in [1.29, 1.82) is 0 Å². The van der Waals surface area contributed by atoms with Gasteiger partial charge in [0, 0.05) is 31.8 Å². The van der Waals surface area contributed by atoms with Gasteiger partial charge in [0.1, 0.15) is 6.61 Å². The van der Waals surface area contributed by atoms with Gasteiger partial charge in [-0.25, -0.2) is 0 Å². The minimum atomic E-state index is -0.183. The Balaban J connectivity index is 1.54. The van der Waals surface area contributed by atoms with Gasteiger partial charge in [-0.1, -0.05) is 24.3 Å². The van der Waals surface area contributed by atoms with Gasteiger partial charge in [-0.15, -0.1) is 0 Å². The lowest BCUT2D eigenvalue weighted by atomic mass is 9.73. The maximum absolute atomic E-state index is 13.0. The van der Waals surface area contributed by atoms with E-state index in [-0.39, 0.29) is 29.8 Å². The van der Waals surface area contributed by atoms with Crippen molar-refractivity contribution in [2.75, 3.05) is 32.1 Å². The third-order valence-corrected chi connectivity index (χ3v) is 6.09. The first kappa shape index (κ1) is 18.6. The summed E-state index contributed by atoms with van der Waals surface area (Å²) in [4.78, 5) is 31.1.